The number of thioether (sulfide) groups is 1. The van der Waals surface area contributed by atoms with E-state index < -0.39 is 54.5 Å². The summed E-state index contributed by atoms with van der Waals surface area (Å²) in [7, 11) is 0. The predicted octanol–water partition coefficient (Wildman–Crippen LogP) is -0.211. The first-order valence-electron chi connectivity index (χ1n) is 12.0. The quantitative estimate of drug-likeness (QED) is 0.158. The Morgan fingerprint density at radius 1 is 0.816 bits per heavy atom. The monoisotopic (exact) mass is 546 g/mol. The van der Waals surface area contributed by atoms with Gasteiger partial charge in [-0.2, -0.15) is 11.8 Å². The highest BCUT2D eigenvalue weighted by atomic mass is 32.2. The average molecular weight is 547 g/mol. The number of nitrogens with two attached hydrogens (primary N) is 1. The fourth-order valence-corrected chi connectivity index (χ4v) is 4.02. The van der Waals surface area contributed by atoms with Crippen molar-refractivity contribution < 1.29 is 34.5 Å². The Labute approximate surface area is 225 Å². The molecule has 2 rings (SSSR count). The SMILES string of the molecule is CSCCC(NC(=O)C(Cc1ccc(O)cc1)NC(=O)C(CO)NC(=O)C(N)Cc1ccccc1)C(=O)O. The lowest BCUT2D eigenvalue weighted by molar-refractivity contribution is -0.142. The van der Waals surface area contributed by atoms with Crippen molar-refractivity contribution in [3.05, 3.63) is 65.7 Å². The van der Waals surface area contributed by atoms with Gasteiger partial charge in [0.2, 0.25) is 17.7 Å². The van der Waals surface area contributed by atoms with E-state index in [1.165, 1.54) is 23.9 Å². The molecule has 8 N–H and O–H groups in total. The second kappa shape index (κ2) is 15.6. The molecule has 0 fully saturated rings. The molecule has 0 saturated heterocycles. The number of amides is 3. The minimum atomic E-state index is -1.40. The van der Waals surface area contributed by atoms with Crippen LogP contribution >= 0.6 is 11.8 Å². The summed E-state index contributed by atoms with van der Waals surface area (Å²) in [5.41, 5.74) is 7.37. The number of aliphatic carboxylic acids is 1. The Hall–Kier alpha value is -3.61. The molecule has 0 aliphatic rings. The van der Waals surface area contributed by atoms with E-state index in [2.05, 4.69) is 16.0 Å². The number of nitrogens with one attached hydrogen (secondary N) is 3. The molecule has 38 heavy (non-hydrogen) atoms. The van der Waals surface area contributed by atoms with Gasteiger partial charge in [0.25, 0.3) is 0 Å². The number of carboxylic acid groups (broad SMARTS) is 1. The highest BCUT2D eigenvalue weighted by Crippen LogP contribution is 2.12. The third kappa shape index (κ3) is 10.0. The van der Waals surface area contributed by atoms with Gasteiger partial charge in [0.05, 0.1) is 12.6 Å². The maximum atomic E-state index is 13.1. The zero-order valence-electron chi connectivity index (χ0n) is 21.0. The van der Waals surface area contributed by atoms with Crippen LogP contribution in [-0.4, -0.2) is 81.8 Å². The summed E-state index contributed by atoms with van der Waals surface area (Å²) in [5.74, 6) is -2.96. The molecular formula is C26H34N4O7S. The summed E-state index contributed by atoms with van der Waals surface area (Å²) in [6.07, 6.45) is 2.16. The van der Waals surface area contributed by atoms with Crippen LogP contribution in [0.4, 0.5) is 0 Å². The summed E-state index contributed by atoms with van der Waals surface area (Å²) in [5, 5.41) is 36.1. The van der Waals surface area contributed by atoms with Crippen LogP contribution in [0.25, 0.3) is 0 Å². The van der Waals surface area contributed by atoms with Crippen LogP contribution in [0, 0.1) is 0 Å². The zero-order chi connectivity index (χ0) is 28.1. The standard InChI is InChI=1S/C26H34N4O7S/c1-38-12-11-20(26(36)37)28-24(34)21(14-17-7-9-18(32)10-8-17)29-25(35)22(15-31)30-23(33)19(27)13-16-5-3-2-4-6-16/h2-10,19-22,31-32H,11-15,27H2,1H3,(H,28,34)(H,29,35)(H,30,33)(H,36,37). The van der Waals surface area contributed by atoms with Crippen LogP contribution in [0.5, 0.6) is 5.75 Å². The molecule has 0 spiro atoms. The van der Waals surface area contributed by atoms with Crippen molar-refractivity contribution >= 4 is 35.5 Å². The number of hydrogen-bond acceptors (Lipinski definition) is 8. The van der Waals surface area contributed by atoms with Crippen molar-refractivity contribution in [1.29, 1.82) is 0 Å². The van der Waals surface area contributed by atoms with Crippen LogP contribution in [0.1, 0.15) is 17.5 Å². The second-order valence-electron chi connectivity index (χ2n) is 8.65. The number of aliphatic hydroxyl groups excluding tert-OH is 1. The number of hydrogen-bond donors (Lipinski definition) is 7. The Morgan fingerprint density at radius 3 is 1.95 bits per heavy atom. The van der Waals surface area contributed by atoms with E-state index in [1.807, 2.05) is 12.3 Å². The minimum absolute atomic E-state index is 0.0108. The summed E-state index contributed by atoms with van der Waals surface area (Å²) in [6, 6.07) is 10.2. The van der Waals surface area contributed by atoms with E-state index in [9.17, 15) is 34.5 Å². The van der Waals surface area contributed by atoms with Gasteiger partial charge in [-0.25, -0.2) is 4.79 Å². The summed E-state index contributed by atoms with van der Waals surface area (Å²) >= 11 is 1.43. The first kappa shape index (κ1) is 30.6. The molecule has 11 nitrogen and oxygen atoms in total. The number of phenolic OH excluding ortho intramolecular Hbond substituents is 1. The number of carbonyl (C=O) groups excluding carboxylic acids is 3. The van der Waals surface area contributed by atoms with Crippen molar-refractivity contribution in [2.75, 3.05) is 18.6 Å². The largest absolute Gasteiger partial charge is 0.508 e. The third-order valence-electron chi connectivity index (χ3n) is 5.69. The van der Waals surface area contributed by atoms with E-state index in [0.29, 0.717) is 11.3 Å². The smallest absolute Gasteiger partial charge is 0.326 e. The van der Waals surface area contributed by atoms with E-state index in [-0.39, 0.29) is 25.0 Å². The minimum Gasteiger partial charge on any atom is -0.508 e. The van der Waals surface area contributed by atoms with E-state index in [1.54, 1.807) is 36.4 Å². The number of phenols is 1. The Kier molecular flexibility index (Phi) is 12.6. The zero-order valence-corrected chi connectivity index (χ0v) is 21.8. The van der Waals surface area contributed by atoms with Gasteiger partial charge in [-0.1, -0.05) is 42.5 Å². The molecule has 12 heteroatoms. The lowest BCUT2D eigenvalue weighted by Crippen LogP contribution is -2.58. The summed E-state index contributed by atoms with van der Waals surface area (Å²) in [6.45, 7) is -0.755. The fourth-order valence-electron chi connectivity index (χ4n) is 3.55. The Balaban J connectivity index is 2.13. The molecule has 0 aliphatic heterocycles. The first-order chi connectivity index (χ1) is 18.1. The fraction of sp³-hybridized carbons (Fsp3) is 0.385. The van der Waals surface area contributed by atoms with Crippen molar-refractivity contribution in [1.82, 2.24) is 16.0 Å². The Morgan fingerprint density at radius 2 is 1.37 bits per heavy atom. The van der Waals surface area contributed by atoms with Gasteiger partial charge in [-0.3, -0.25) is 14.4 Å². The van der Waals surface area contributed by atoms with Crippen molar-refractivity contribution in [3.63, 3.8) is 0 Å². The van der Waals surface area contributed by atoms with Crippen LogP contribution in [0.15, 0.2) is 54.6 Å². The molecule has 2 aromatic carbocycles. The highest BCUT2D eigenvalue weighted by Gasteiger charge is 2.30. The van der Waals surface area contributed by atoms with Gasteiger partial charge in [0.15, 0.2) is 0 Å². The van der Waals surface area contributed by atoms with Gasteiger partial charge in [-0.05, 0) is 48.1 Å². The molecule has 4 atom stereocenters. The normalized spacial score (nSPS) is 14.0. The summed E-state index contributed by atoms with van der Waals surface area (Å²) < 4.78 is 0. The first-order valence-corrected chi connectivity index (χ1v) is 13.3. The second-order valence-corrected chi connectivity index (χ2v) is 9.64. The molecule has 0 saturated carbocycles. The number of rotatable bonds is 15. The number of benzene rings is 2. The van der Waals surface area contributed by atoms with Crippen molar-refractivity contribution in [2.24, 2.45) is 5.73 Å². The van der Waals surface area contributed by atoms with Crippen LogP contribution in [-0.2, 0) is 32.0 Å². The van der Waals surface area contributed by atoms with Crippen LogP contribution in [0.3, 0.4) is 0 Å². The molecular weight excluding hydrogens is 512 g/mol. The molecule has 4 unspecified atom stereocenters. The van der Waals surface area contributed by atoms with E-state index in [0.717, 1.165) is 5.56 Å². The molecule has 3 amide bonds. The molecule has 0 radical (unpaired) electrons. The lowest BCUT2D eigenvalue weighted by atomic mass is 10.0. The topological polar surface area (TPSA) is 191 Å². The van der Waals surface area contributed by atoms with Gasteiger partial charge < -0.3 is 37.0 Å². The molecule has 0 bridgehead atoms. The van der Waals surface area contributed by atoms with Gasteiger partial charge in [0.1, 0.15) is 23.9 Å². The molecule has 0 aromatic heterocycles. The third-order valence-corrected chi connectivity index (χ3v) is 6.33. The van der Waals surface area contributed by atoms with Crippen molar-refractivity contribution in [2.45, 2.75) is 43.4 Å². The van der Waals surface area contributed by atoms with Gasteiger partial charge in [-0.15, -0.1) is 0 Å². The molecule has 206 valence electrons. The maximum absolute atomic E-state index is 13.1. The predicted molar refractivity (Wildman–Crippen MR) is 143 cm³/mol. The Bertz CT molecular complexity index is 1070. The van der Waals surface area contributed by atoms with E-state index >= 15 is 0 Å². The number of carbonyl (C=O) groups is 4. The molecule has 2 aromatic rings. The highest BCUT2D eigenvalue weighted by molar-refractivity contribution is 7.98. The number of aromatic hydroxyl groups is 1. The van der Waals surface area contributed by atoms with Gasteiger partial charge in [0, 0.05) is 6.42 Å². The lowest BCUT2D eigenvalue weighted by Gasteiger charge is -2.24. The van der Waals surface area contributed by atoms with Crippen molar-refractivity contribution in [3.8, 4) is 5.75 Å². The average Bonchev–Trinajstić information content (AvgIpc) is 2.90. The van der Waals surface area contributed by atoms with Crippen LogP contribution < -0.4 is 21.7 Å². The molecule has 0 heterocycles. The number of carboxylic acids is 1. The van der Waals surface area contributed by atoms with Crippen LogP contribution in [0.2, 0.25) is 0 Å². The summed E-state index contributed by atoms with van der Waals surface area (Å²) in [4.78, 5) is 50.2. The molecule has 0 aliphatic carbocycles. The van der Waals surface area contributed by atoms with E-state index in [4.69, 9.17) is 5.73 Å². The number of aliphatic hydroxyl groups is 1. The maximum Gasteiger partial charge on any atom is 0.326 e. The van der Waals surface area contributed by atoms with Gasteiger partial charge >= 0.3 is 5.97 Å².